The number of halogens is 3. The van der Waals surface area contributed by atoms with Crippen molar-refractivity contribution in [3.05, 3.63) is 70.9 Å². The lowest BCUT2D eigenvalue weighted by Crippen LogP contribution is -2.18. The molecule has 0 aliphatic rings. The SMILES string of the molecule is COCc1nccc(NC(=O)c2c(C)nc3c(C)cc(-c4ccccc4C(F)(F)F)nn23)n1. The minimum absolute atomic E-state index is 0.0730. The zero-order chi connectivity index (χ0) is 23.8. The van der Waals surface area contributed by atoms with Crippen LogP contribution >= 0.6 is 0 Å². The number of hydrogen-bond donors (Lipinski definition) is 1. The van der Waals surface area contributed by atoms with Crippen molar-refractivity contribution in [2.24, 2.45) is 0 Å². The summed E-state index contributed by atoms with van der Waals surface area (Å²) in [6, 6.07) is 8.20. The molecule has 0 saturated carbocycles. The lowest BCUT2D eigenvalue weighted by atomic mass is 10.0. The smallest absolute Gasteiger partial charge is 0.377 e. The summed E-state index contributed by atoms with van der Waals surface area (Å²) >= 11 is 0. The van der Waals surface area contributed by atoms with Gasteiger partial charge in [0.1, 0.15) is 12.4 Å². The van der Waals surface area contributed by atoms with Crippen LogP contribution in [-0.4, -0.2) is 37.6 Å². The van der Waals surface area contributed by atoms with E-state index in [2.05, 4.69) is 25.4 Å². The number of aryl methyl sites for hydroxylation is 2. The third kappa shape index (κ3) is 4.40. The number of methoxy groups -OCH3 is 1. The van der Waals surface area contributed by atoms with Gasteiger partial charge >= 0.3 is 6.18 Å². The number of benzene rings is 1. The maximum absolute atomic E-state index is 13.6. The standard InChI is InChI=1S/C22H19F3N6O2/c1-12-10-16(14-6-4-5-7-15(14)22(23,24)25)30-31-19(13(2)27-20(12)31)21(32)29-17-8-9-26-18(28-17)11-33-3/h4-10H,11H2,1-3H3,(H,26,28,29,32). The number of carbonyl (C=O) groups excluding carboxylic acids is 1. The van der Waals surface area contributed by atoms with E-state index in [1.807, 2.05) is 0 Å². The van der Waals surface area contributed by atoms with Crippen LogP contribution in [0.3, 0.4) is 0 Å². The molecule has 0 aliphatic carbocycles. The van der Waals surface area contributed by atoms with Gasteiger partial charge in [-0.25, -0.2) is 19.5 Å². The monoisotopic (exact) mass is 456 g/mol. The molecule has 33 heavy (non-hydrogen) atoms. The first-order valence-corrected chi connectivity index (χ1v) is 9.85. The number of alkyl halides is 3. The molecule has 0 unspecified atom stereocenters. The molecule has 0 radical (unpaired) electrons. The molecule has 1 amide bonds. The van der Waals surface area contributed by atoms with E-state index in [-0.39, 0.29) is 29.4 Å². The molecule has 4 aromatic rings. The first-order valence-electron chi connectivity index (χ1n) is 9.85. The summed E-state index contributed by atoms with van der Waals surface area (Å²) in [6.45, 7) is 3.50. The second-order valence-corrected chi connectivity index (χ2v) is 7.28. The molecule has 3 aromatic heterocycles. The third-order valence-corrected chi connectivity index (χ3v) is 4.89. The highest BCUT2D eigenvalue weighted by atomic mass is 19.4. The number of rotatable bonds is 5. The molecular formula is C22H19F3N6O2. The Labute approximate surface area is 186 Å². The van der Waals surface area contributed by atoms with Gasteiger partial charge in [-0.2, -0.15) is 18.3 Å². The summed E-state index contributed by atoms with van der Waals surface area (Å²) < 4.78 is 46.9. The Morgan fingerprint density at radius 3 is 2.64 bits per heavy atom. The number of aromatic nitrogens is 5. The number of fused-ring (bicyclic) bond motifs is 1. The average molecular weight is 456 g/mol. The van der Waals surface area contributed by atoms with Crippen molar-refractivity contribution >= 4 is 17.4 Å². The minimum Gasteiger partial charge on any atom is -0.377 e. The van der Waals surface area contributed by atoms with Crippen molar-refractivity contribution in [2.45, 2.75) is 26.6 Å². The van der Waals surface area contributed by atoms with Gasteiger partial charge in [0.15, 0.2) is 17.2 Å². The molecule has 11 heteroatoms. The molecule has 8 nitrogen and oxygen atoms in total. The Bertz CT molecular complexity index is 1350. The van der Waals surface area contributed by atoms with Crippen molar-refractivity contribution in [1.82, 2.24) is 24.6 Å². The maximum Gasteiger partial charge on any atom is 0.417 e. The van der Waals surface area contributed by atoms with Gasteiger partial charge in [-0.15, -0.1) is 0 Å². The van der Waals surface area contributed by atoms with E-state index in [1.54, 1.807) is 13.8 Å². The largest absolute Gasteiger partial charge is 0.417 e. The molecule has 170 valence electrons. The van der Waals surface area contributed by atoms with Gasteiger partial charge in [-0.1, -0.05) is 18.2 Å². The van der Waals surface area contributed by atoms with E-state index in [0.717, 1.165) is 6.07 Å². The van der Waals surface area contributed by atoms with Gasteiger partial charge in [-0.05, 0) is 37.6 Å². The Morgan fingerprint density at radius 2 is 1.91 bits per heavy atom. The van der Waals surface area contributed by atoms with E-state index in [9.17, 15) is 18.0 Å². The fourth-order valence-electron chi connectivity index (χ4n) is 3.47. The fourth-order valence-corrected chi connectivity index (χ4v) is 3.47. The highest BCUT2D eigenvalue weighted by Crippen LogP contribution is 2.36. The number of anilines is 1. The molecule has 1 aromatic carbocycles. The number of amides is 1. The van der Waals surface area contributed by atoms with Crippen LogP contribution in [0.4, 0.5) is 19.0 Å². The zero-order valence-corrected chi connectivity index (χ0v) is 17.9. The molecular weight excluding hydrogens is 437 g/mol. The summed E-state index contributed by atoms with van der Waals surface area (Å²) in [5, 5.41) is 7.02. The number of hydrogen-bond acceptors (Lipinski definition) is 6. The highest BCUT2D eigenvalue weighted by molar-refractivity contribution is 6.04. The van der Waals surface area contributed by atoms with Crippen LogP contribution < -0.4 is 5.32 Å². The topological polar surface area (TPSA) is 94.3 Å². The normalized spacial score (nSPS) is 11.7. The van der Waals surface area contributed by atoms with E-state index in [4.69, 9.17) is 4.74 Å². The lowest BCUT2D eigenvalue weighted by Gasteiger charge is -2.13. The van der Waals surface area contributed by atoms with Crippen LogP contribution in [0.1, 0.15) is 33.1 Å². The van der Waals surface area contributed by atoms with Gasteiger partial charge in [0, 0.05) is 18.9 Å². The summed E-state index contributed by atoms with van der Waals surface area (Å²) in [5.74, 6) is 0.0621. The number of ether oxygens (including phenoxy) is 1. The number of carbonyl (C=O) groups is 1. The fraction of sp³-hybridized carbons (Fsp3) is 0.227. The van der Waals surface area contributed by atoms with Gasteiger partial charge in [0.25, 0.3) is 5.91 Å². The van der Waals surface area contributed by atoms with Crippen molar-refractivity contribution in [3.8, 4) is 11.3 Å². The molecule has 1 N–H and O–H groups in total. The summed E-state index contributed by atoms with van der Waals surface area (Å²) in [7, 11) is 1.50. The second kappa shape index (κ2) is 8.58. The summed E-state index contributed by atoms with van der Waals surface area (Å²) in [5.41, 5.74) is 0.571. The summed E-state index contributed by atoms with van der Waals surface area (Å²) in [4.78, 5) is 25.7. The van der Waals surface area contributed by atoms with E-state index in [1.165, 1.54) is 48.2 Å². The van der Waals surface area contributed by atoms with Crippen molar-refractivity contribution in [1.29, 1.82) is 0 Å². The Morgan fingerprint density at radius 1 is 1.15 bits per heavy atom. The van der Waals surface area contributed by atoms with E-state index < -0.39 is 17.6 Å². The predicted octanol–water partition coefficient (Wildman–Crippen LogP) is 4.22. The molecule has 0 fully saturated rings. The third-order valence-electron chi connectivity index (χ3n) is 4.89. The zero-order valence-electron chi connectivity index (χ0n) is 17.9. The molecule has 3 heterocycles. The molecule has 0 bridgehead atoms. The predicted molar refractivity (Wildman–Crippen MR) is 114 cm³/mol. The summed E-state index contributed by atoms with van der Waals surface area (Å²) in [6.07, 6.45) is -3.08. The van der Waals surface area contributed by atoms with Crippen LogP contribution in [0, 0.1) is 13.8 Å². The van der Waals surface area contributed by atoms with Crippen molar-refractivity contribution in [3.63, 3.8) is 0 Å². The van der Waals surface area contributed by atoms with Crippen LogP contribution in [0.25, 0.3) is 16.9 Å². The van der Waals surface area contributed by atoms with Crippen LogP contribution in [0.5, 0.6) is 0 Å². The molecule has 0 atom stereocenters. The first-order chi connectivity index (χ1) is 15.7. The molecule has 0 aliphatic heterocycles. The molecule has 0 saturated heterocycles. The number of imidazole rings is 1. The first kappa shape index (κ1) is 22.3. The minimum atomic E-state index is -4.56. The Kier molecular flexibility index (Phi) is 5.81. The lowest BCUT2D eigenvalue weighted by molar-refractivity contribution is -0.137. The van der Waals surface area contributed by atoms with Crippen LogP contribution in [0.2, 0.25) is 0 Å². The van der Waals surface area contributed by atoms with Crippen LogP contribution in [-0.2, 0) is 17.5 Å². The van der Waals surface area contributed by atoms with Gasteiger partial charge in [0.2, 0.25) is 0 Å². The van der Waals surface area contributed by atoms with Gasteiger partial charge in [0.05, 0.1) is 17.0 Å². The maximum atomic E-state index is 13.6. The Balaban J connectivity index is 1.80. The Hall–Kier alpha value is -3.86. The second-order valence-electron chi connectivity index (χ2n) is 7.28. The van der Waals surface area contributed by atoms with Crippen molar-refractivity contribution < 1.29 is 22.7 Å². The van der Waals surface area contributed by atoms with Gasteiger partial charge < -0.3 is 10.1 Å². The van der Waals surface area contributed by atoms with E-state index in [0.29, 0.717) is 22.7 Å². The number of nitrogens with zero attached hydrogens (tertiary/aromatic N) is 5. The number of nitrogens with one attached hydrogen (secondary N) is 1. The van der Waals surface area contributed by atoms with E-state index >= 15 is 0 Å². The molecule has 4 rings (SSSR count). The molecule has 0 spiro atoms. The quantitative estimate of drug-likeness (QED) is 0.483. The van der Waals surface area contributed by atoms with Crippen molar-refractivity contribution in [2.75, 3.05) is 12.4 Å². The highest BCUT2D eigenvalue weighted by Gasteiger charge is 2.34. The van der Waals surface area contributed by atoms with Gasteiger partial charge in [-0.3, -0.25) is 4.79 Å². The van der Waals surface area contributed by atoms with Crippen LogP contribution in [0.15, 0.2) is 42.6 Å². The average Bonchev–Trinajstić information content (AvgIpc) is 3.10.